The van der Waals surface area contributed by atoms with Gasteiger partial charge in [0.05, 0.1) is 5.69 Å². The number of hydrogen-bond acceptors (Lipinski definition) is 4. The van der Waals surface area contributed by atoms with Crippen LogP contribution in [0.5, 0.6) is 0 Å². The van der Waals surface area contributed by atoms with Crippen LogP contribution in [0.3, 0.4) is 0 Å². The lowest BCUT2D eigenvalue weighted by atomic mass is 10.2. The van der Waals surface area contributed by atoms with Gasteiger partial charge in [-0.15, -0.1) is 16.4 Å². The number of nitrogens with zero attached hydrogens (tertiary/aromatic N) is 3. The maximum absolute atomic E-state index is 13.0. The summed E-state index contributed by atoms with van der Waals surface area (Å²) in [5.41, 5.74) is 1.75. The van der Waals surface area contributed by atoms with Crippen molar-refractivity contribution >= 4 is 39.6 Å². The van der Waals surface area contributed by atoms with Crippen molar-refractivity contribution in [3.8, 4) is 11.3 Å². The number of thiocarbonyl (C=S) groups is 1. The van der Waals surface area contributed by atoms with Gasteiger partial charge in [-0.3, -0.25) is 5.32 Å². The fraction of sp³-hybridized carbons (Fsp3) is 0.154. The van der Waals surface area contributed by atoms with Crippen LogP contribution in [-0.4, -0.2) is 26.3 Å². The summed E-state index contributed by atoms with van der Waals surface area (Å²) in [7, 11) is 0. The SMILES string of the molecule is CCNC(=S)Nc1nc2scc(-c3ccc(F)cc3)n2n1. The quantitative estimate of drug-likeness (QED) is 0.727. The first kappa shape index (κ1) is 13.9. The standard InChI is InChI=1S/C13H12FN5S2/c1-2-15-12(20)16-11-17-13-19(18-11)10(7-21-13)8-3-5-9(14)6-4-8/h3-7H,2H2,1H3,(H2,15,16,18,20). The molecular formula is C13H12FN5S2. The molecule has 2 N–H and O–H groups in total. The Hall–Kier alpha value is -2.06. The molecule has 0 aliphatic carbocycles. The third kappa shape index (κ3) is 2.86. The number of nitrogens with one attached hydrogen (secondary N) is 2. The number of benzene rings is 1. The summed E-state index contributed by atoms with van der Waals surface area (Å²) in [6.45, 7) is 2.69. The van der Waals surface area contributed by atoms with E-state index in [2.05, 4.69) is 20.7 Å². The second kappa shape index (κ2) is 5.74. The average Bonchev–Trinajstić information content (AvgIpc) is 3.00. The largest absolute Gasteiger partial charge is 0.363 e. The van der Waals surface area contributed by atoms with Gasteiger partial charge in [-0.25, -0.2) is 8.91 Å². The molecule has 0 aliphatic heterocycles. The van der Waals surface area contributed by atoms with Gasteiger partial charge in [-0.05, 0) is 43.4 Å². The van der Waals surface area contributed by atoms with E-state index in [4.69, 9.17) is 12.2 Å². The summed E-state index contributed by atoms with van der Waals surface area (Å²) < 4.78 is 14.7. The first-order valence-corrected chi connectivity index (χ1v) is 7.61. The minimum atomic E-state index is -0.262. The summed E-state index contributed by atoms with van der Waals surface area (Å²) in [5, 5.41) is 12.7. The molecule has 0 spiro atoms. The monoisotopic (exact) mass is 321 g/mol. The maximum Gasteiger partial charge on any atom is 0.250 e. The zero-order chi connectivity index (χ0) is 14.8. The Morgan fingerprint density at radius 2 is 2.14 bits per heavy atom. The summed E-state index contributed by atoms with van der Waals surface area (Å²) in [6.07, 6.45) is 0. The topological polar surface area (TPSA) is 54.2 Å². The molecule has 3 rings (SSSR count). The highest BCUT2D eigenvalue weighted by atomic mass is 32.1. The Balaban J connectivity index is 1.93. The van der Waals surface area contributed by atoms with Crippen LogP contribution in [0.2, 0.25) is 0 Å². The van der Waals surface area contributed by atoms with E-state index in [-0.39, 0.29) is 5.82 Å². The minimum absolute atomic E-state index is 0.262. The second-order valence-corrected chi connectivity index (χ2v) is 5.49. The van der Waals surface area contributed by atoms with Crippen molar-refractivity contribution in [3.63, 3.8) is 0 Å². The van der Waals surface area contributed by atoms with Crippen molar-refractivity contribution in [3.05, 3.63) is 35.5 Å². The van der Waals surface area contributed by atoms with Crippen LogP contribution < -0.4 is 10.6 Å². The van der Waals surface area contributed by atoms with Crippen molar-refractivity contribution in [2.45, 2.75) is 6.92 Å². The van der Waals surface area contributed by atoms with Crippen molar-refractivity contribution in [1.29, 1.82) is 0 Å². The van der Waals surface area contributed by atoms with Crippen molar-refractivity contribution < 1.29 is 4.39 Å². The lowest BCUT2D eigenvalue weighted by Crippen LogP contribution is -2.28. The molecule has 0 aliphatic rings. The first-order chi connectivity index (χ1) is 10.2. The van der Waals surface area contributed by atoms with E-state index in [1.807, 2.05) is 12.3 Å². The Labute approximate surface area is 129 Å². The lowest BCUT2D eigenvalue weighted by Gasteiger charge is -2.03. The second-order valence-electron chi connectivity index (χ2n) is 4.24. The molecule has 0 unspecified atom stereocenters. The highest BCUT2D eigenvalue weighted by molar-refractivity contribution is 7.80. The van der Waals surface area contributed by atoms with Gasteiger partial charge in [0, 0.05) is 17.5 Å². The van der Waals surface area contributed by atoms with E-state index < -0.39 is 0 Å². The average molecular weight is 321 g/mol. The molecule has 8 heteroatoms. The predicted molar refractivity (Wildman–Crippen MR) is 86.2 cm³/mol. The maximum atomic E-state index is 13.0. The predicted octanol–water partition coefficient (Wildman–Crippen LogP) is 2.90. The summed E-state index contributed by atoms with van der Waals surface area (Å²) in [6, 6.07) is 6.29. The zero-order valence-electron chi connectivity index (χ0n) is 11.1. The highest BCUT2D eigenvalue weighted by Gasteiger charge is 2.12. The Kier molecular flexibility index (Phi) is 3.80. The molecule has 2 heterocycles. The fourth-order valence-electron chi connectivity index (χ4n) is 1.86. The van der Waals surface area contributed by atoms with Gasteiger partial charge in [-0.2, -0.15) is 4.98 Å². The number of thiazole rings is 1. The van der Waals surface area contributed by atoms with E-state index >= 15 is 0 Å². The fourth-order valence-corrected chi connectivity index (χ4v) is 2.93. The molecule has 21 heavy (non-hydrogen) atoms. The molecule has 0 saturated heterocycles. The summed E-state index contributed by atoms with van der Waals surface area (Å²) >= 11 is 6.57. The van der Waals surface area contributed by atoms with Gasteiger partial charge in [0.15, 0.2) is 5.11 Å². The molecule has 2 aromatic heterocycles. The van der Waals surface area contributed by atoms with E-state index in [0.29, 0.717) is 11.1 Å². The van der Waals surface area contributed by atoms with E-state index in [1.165, 1.54) is 23.5 Å². The molecule has 0 atom stereocenters. The van der Waals surface area contributed by atoms with Crippen LogP contribution in [0.15, 0.2) is 29.6 Å². The van der Waals surface area contributed by atoms with Crippen molar-refractivity contribution in [2.75, 3.05) is 11.9 Å². The molecule has 0 fully saturated rings. The van der Waals surface area contributed by atoms with E-state index in [9.17, 15) is 4.39 Å². The molecule has 5 nitrogen and oxygen atoms in total. The Morgan fingerprint density at radius 3 is 2.86 bits per heavy atom. The normalized spacial score (nSPS) is 10.8. The molecule has 0 amide bonds. The highest BCUT2D eigenvalue weighted by Crippen LogP contribution is 2.25. The molecule has 0 bridgehead atoms. The number of hydrogen-bond donors (Lipinski definition) is 2. The molecule has 0 radical (unpaired) electrons. The molecule has 0 saturated carbocycles. The molecule has 108 valence electrons. The van der Waals surface area contributed by atoms with Gasteiger partial charge in [0.25, 0.3) is 0 Å². The number of anilines is 1. The zero-order valence-corrected chi connectivity index (χ0v) is 12.8. The number of rotatable bonds is 3. The number of aromatic nitrogens is 3. The van der Waals surface area contributed by atoms with Crippen molar-refractivity contribution in [1.82, 2.24) is 19.9 Å². The van der Waals surface area contributed by atoms with Gasteiger partial charge in [0.1, 0.15) is 5.82 Å². The van der Waals surface area contributed by atoms with Crippen LogP contribution >= 0.6 is 23.6 Å². The third-order valence-electron chi connectivity index (χ3n) is 2.78. The number of fused-ring (bicyclic) bond motifs is 1. The Morgan fingerprint density at radius 1 is 1.38 bits per heavy atom. The summed E-state index contributed by atoms with van der Waals surface area (Å²) in [5.74, 6) is 0.179. The van der Waals surface area contributed by atoms with Crippen LogP contribution in [-0.2, 0) is 0 Å². The van der Waals surface area contributed by atoms with Crippen LogP contribution in [0.25, 0.3) is 16.2 Å². The molecule has 1 aromatic carbocycles. The minimum Gasteiger partial charge on any atom is -0.363 e. The molecule has 3 aromatic rings. The third-order valence-corrected chi connectivity index (χ3v) is 3.85. The van der Waals surface area contributed by atoms with Gasteiger partial charge >= 0.3 is 0 Å². The van der Waals surface area contributed by atoms with Crippen molar-refractivity contribution in [2.24, 2.45) is 0 Å². The molecular weight excluding hydrogens is 309 g/mol. The Bertz CT molecular complexity index is 778. The smallest absolute Gasteiger partial charge is 0.250 e. The first-order valence-electron chi connectivity index (χ1n) is 6.32. The van der Waals surface area contributed by atoms with Gasteiger partial charge < -0.3 is 5.32 Å². The van der Waals surface area contributed by atoms with Crippen LogP contribution in [0.4, 0.5) is 10.3 Å². The van der Waals surface area contributed by atoms with Gasteiger partial charge in [-0.1, -0.05) is 0 Å². The lowest BCUT2D eigenvalue weighted by molar-refractivity contribution is 0.628. The van der Waals surface area contributed by atoms with Gasteiger partial charge in [0.2, 0.25) is 10.9 Å². The summed E-state index contributed by atoms with van der Waals surface area (Å²) in [4.78, 5) is 5.10. The van der Waals surface area contributed by atoms with E-state index in [1.54, 1.807) is 16.6 Å². The van der Waals surface area contributed by atoms with E-state index in [0.717, 1.165) is 22.8 Å². The van der Waals surface area contributed by atoms with Crippen LogP contribution in [0, 0.1) is 5.82 Å². The number of halogens is 1. The van der Waals surface area contributed by atoms with Crippen LogP contribution in [0.1, 0.15) is 6.92 Å².